The van der Waals surface area contributed by atoms with E-state index >= 15 is 0 Å². The molecule has 1 aromatic heterocycles. The van der Waals surface area contributed by atoms with Gasteiger partial charge in [-0.3, -0.25) is 4.79 Å². The van der Waals surface area contributed by atoms with Gasteiger partial charge < -0.3 is 19.2 Å². The molecular formula is C13H17NO4S. The second kappa shape index (κ2) is 7.04. The maximum atomic E-state index is 11.1. The molecule has 1 rings (SSSR count). The van der Waals surface area contributed by atoms with E-state index in [0.717, 1.165) is 0 Å². The van der Waals surface area contributed by atoms with Crippen molar-refractivity contribution in [2.75, 3.05) is 6.54 Å². The van der Waals surface area contributed by atoms with Crippen molar-refractivity contribution >= 4 is 29.0 Å². The summed E-state index contributed by atoms with van der Waals surface area (Å²) in [6.07, 6.45) is 1.84. The van der Waals surface area contributed by atoms with E-state index in [1.165, 1.54) is 13.2 Å². The van der Waals surface area contributed by atoms with Gasteiger partial charge in [-0.2, -0.15) is 0 Å². The molecule has 0 aliphatic rings. The Kier molecular flexibility index (Phi) is 5.69. The topological polar surface area (TPSA) is 70.8 Å². The van der Waals surface area contributed by atoms with Crippen LogP contribution in [0.1, 0.15) is 26.0 Å². The number of carboxylic acids is 1. The van der Waals surface area contributed by atoms with Gasteiger partial charge in [-0.1, -0.05) is 19.1 Å². The van der Waals surface area contributed by atoms with Crippen molar-refractivity contribution in [3.05, 3.63) is 24.2 Å². The molecule has 0 bridgehead atoms. The Bertz CT molecular complexity index is 455. The summed E-state index contributed by atoms with van der Waals surface area (Å²) >= 11 is 5.28. The van der Waals surface area contributed by atoms with Crippen LogP contribution in [0.15, 0.2) is 22.8 Å². The fraction of sp³-hybridized carbons (Fsp3) is 0.462. The molecule has 1 atom stereocenters. The van der Waals surface area contributed by atoms with Crippen LogP contribution in [0.4, 0.5) is 0 Å². The van der Waals surface area contributed by atoms with Crippen molar-refractivity contribution in [3.63, 3.8) is 0 Å². The number of carboxylic acid groups (broad SMARTS) is 1. The quantitative estimate of drug-likeness (QED) is 0.773. The lowest BCUT2D eigenvalue weighted by molar-refractivity contribution is -0.137. The molecule has 104 valence electrons. The molecule has 6 heteroatoms. The van der Waals surface area contributed by atoms with E-state index in [0.29, 0.717) is 23.7 Å². The first kappa shape index (κ1) is 15.4. The second-order valence-corrected chi connectivity index (χ2v) is 4.89. The average Bonchev–Trinajstić information content (AvgIpc) is 2.78. The number of furan rings is 1. The summed E-state index contributed by atoms with van der Waals surface area (Å²) in [7, 11) is 0. The van der Waals surface area contributed by atoms with Gasteiger partial charge in [-0.05, 0) is 19.1 Å². The van der Waals surface area contributed by atoms with E-state index in [4.69, 9.17) is 21.7 Å². The highest BCUT2D eigenvalue weighted by atomic mass is 32.1. The van der Waals surface area contributed by atoms with Crippen LogP contribution in [-0.4, -0.2) is 33.3 Å². The molecule has 1 N–H and O–H groups in total. The summed E-state index contributed by atoms with van der Waals surface area (Å²) in [5.41, 5.74) is 0. The minimum absolute atomic E-state index is 0.0307. The number of carbonyl (C=O) groups is 2. The number of nitrogens with zero attached hydrogens (tertiary/aromatic N) is 1. The fourth-order valence-corrected chi connectivity index (χ4v) is 2.01. The summed E-state index contributed by atoms with van der Waals surface area (Å²) < 4.78 is 5.20. The third kappa shape index (κ3) is 5.21. The molecule has 0 spiro atoms. The Balaban J connectivity index is 2.75. The molecule has 0 aliphatic heterocycles. The van der Waals surface area contributed by atoms with E-state index in [9.17, 15) is 9.59 Å². The van der Waals surface area contributed by atoms with Crippen LogP contribution in [0.5, 0.6) is 0 Å². The predicted molar refractivity (Wildman–Crippen MR) is 73.8 cm³/mol. The zero-order valence-electron chi connectivity index (χ0n) is 11.0. The molecule has 19 heavy (non-hydrogen) atoms. The monoisotopic (exact) mass is 283 g/mol. The first-order chi connectivity index (χ1) is 8.90. The van der Waals surface area contributed by atoms with E-state index in [2.05, 4.69) is 0 Å². The molecule has 0 aliphatic carbocycles. The normalized spacial score (nSPS) is 11.9. The van der Waals surface area contributed by atoms with Crippen molar-refractivity contribution < 1.29 is 19.1 Å². The summed E-state index contributed by atoms with van der Waals surface area (Å²) in [4.78, 5) is 24.0. The van der Waals surface area contributed by atoms with Gasteiger partial charge in [0.15, 0.2) is 0 Å². The minimum atomic E-state index is -0.969. The van der Waals surface area contributed by atoms with Crippen LogP contribution in [0, 0.1) is 5.92 Å². The van der Waals surface area contributed by atoms with Crippen LogP contribution < -0.4 is 0 Å². The molecule has 0 radical (unpaired) electrons. The first-order valence-electron chi connectivity index (χ1n) is 5.92. The van der Waals surface area contributed by atoms with E-state index < -0.39 is 5.97 Å². The van der Waals surface area contributed by atoms with Crippen LogP contribution >= 0.6 is 12.2 Å². The number of rotatable bonds is 7. The Labute approximate surface area is 117 Å². The van der Waals surface area contributed by atoms with Crippen LogP contribution in [-0.2, 0) is 16.1 Å². The highest BCUT2D eigenvalue weighted by Gasteiger charge is 2.21. The molecule has 1 unspecified atom stereocenters. The molecule has 0 fully saturated rings. The molecule has 1 heterocycles. The lowest BCUT2D eigenvalue weighted by Crippen LogP contribution is -2.37. The highest BCUT2D eigenvalue weighted by Crippen LogP contribution is 2.14. The third-order valence-electron chi connectivity index (χ3n) is 2.58. The number of ketones is 1. The maximum Gasteiger partial charge on any atom is 0.323 e. The summed E-state index contributed by atoms with van der Waals surface area (Å²) in [5, 5.41) is 8.93. The van der Waals surface area contributed by atoms with Crippen molar-refractivity contribution in [1.82, 2.24) is 4.90 Å². The maximum absolute atomic E-state index is 11.1. The van der Waals surface area contributed by atoms with Gasteiger partial charge in [0, 0.05) is 12.3 Å². The lowest BCUT2D eigenvalue weighted by atomic mass is 10.0. The number of aliphatic carboxylic acids is 1. The number of hydrogen-bond acceptors (Lipinski definition) is 4. The van der Waals surface area contributed by atoms with Gasteiger partial charge in [0.25, 0.3) is 0 Å². The summed E-state index contributed by atoms with van der Waals surface area (Å²) in [6.45, 7) is 3.40. The molecular weight excluding hydrogens is 266 g/mol. The van der Waals surface area contributed by atoms with E-state index in [1.807, 2.05) is 6.92 Å². The van der Waals surface area contributed by atoms with Gasteiger partial charge in [0.1, 0.15) is 18.1 Å². The van der Waals surface area contributed by atoms with Crippen LogP contribution in [0.25, 0.3) is 0 Å². The van der Waals surface area contributed by atoms with E-state index in [1.54, 1.807) is 17.0 Å². The van der Waals surface area contributed by atoms with E-state index in [-0.39, 0.29) is 18.2 Å². The molecule has 5 nitrogen and oxygen atoms in total. The Morgan fingerprint density at radius 1 is 1.53 bits per heavy atom. The summed E-state index contributed by atoms with van der Waals surface area (Å²) in [6, 6.07) is 3.49. The van der Waals surface area contributed by atoms with Gasteiger partial charge in [0.05, 0.1) is 17.8 Å². The zero-order valence-corrected chi connectivity index (χ0v) is 11.8. The molecule has 0 saturated carbocycles. The standard InChI is InChI=1S/C13H17NO4S/c1-9(6-10(2)15)13(19)14(8-12(16)17)7-11-4-3-5-18-11/h3-5,9H,6-8H2,1-2H3,(H,16,17). The van der Waals surface area contributed by atoms with Crippen molar-refractivity contribution in [2.24, 2.45) is 5.92 Å². The second-order valence-electron chi connectivity index (χ2n) is 4.47. The number of thiocarbonyl (C=S) groups is 1. The number of hydrogen-bond donors (Lipinski definition) is 1. The number of Topliss-reactive ketones (excluding diaryl/α,β-unsaturated/α-hetero) is 1. The largest absolute Gasteiger partial charge is 0.480 e. The summed E-state index contributed by atoms with van der Waals surface area (Å²) in [5.74, 6) is -0.465. The third-order valence-corrected chi connectivity index (χ3v) is 3.24. The molecule has 0 amide bonds. The molecule has 1 aromatic rings. The zero-order chi connectivity index (χ0) is 14.4. The SMILES string of the molecule is CC(=O)CC(C)C(=S)N(CC(=O)O)Cc1ccco1. The van der Waals surface area contributed by atoms with Gasteiger partial charge in [0.2, 0.25) is 0 Å². The Hall–Kier alpha value is -1.69. The minimum Gasteiger partial charge on any atom is -0.480 e. The predicted octanol–water partition coefficient (Wildman–Crippen LogP) is 2.11. The smallest absolute Gasteiger partial charge is 0.323 e. The van der Waals surface area contributed by atoms with Crippen molar-refractivity contribution in [1.29, 1.82) is 0 Å². The average molecular weight is 283 g/mol. The van der Waals surface area contributed by atoms with Crippen LogP contribution in [0.3, 0.4) is 0 Å². The fourth-order valence-electron chi connectivity index (χ4n) is 1.80. The van der Waals surface area contributed by atoms with Crippen LogP contribution in [0.2, 0.25) is 0 Å². The Morgan fingerprint density at radius 3 is 2.68 bits per heavy atom. The Morgan fingerprint density at radius 2 is 2.21 bits per heavy atom. The van der Waals surface area contributed by atoms with Gasteiger partial charge in [-0.25, -0.2) is 0 Å². The van der Waals surface area contributed by atoms with Crippen molar-refractivity contribution in [3.8, 4) is 0 Å². The first-order valence-corrected chi connectivity index (χ1v) is 6.33. The molecule has 0 aromatic carbocycles. The van der Waals surface area contributed by atoms with Gasteiger partial charge in [-0.15, -0.1) is 0 Å². The number of carbonyl (C=O) groups excluding carboxylic acids is 1. The molecule has 0 saturated heterocycles. The highest BCUT2D eigenvalue weighted by molar-refractivity contribution is 7.80. The lowest BCUT2D eigenvalue weighted by Gasteiger charge is -2.26. The van der Waals surface area contributed by atoms with Crippen molar-refractivity contribution in [2.45, 2.75) is 26.8 Å². The van der Waals surface area contributed by atoms with Gasteiger partial charge >= 0.3 is 5.97 Å².